The first-order valence-electron chi connectivity index (χ1n) is 8.50. The number of nitrogens with one attached hydrogen (secondary N) is 2. The number of ether oxygens (including phenoxy) is 2. The molecule has 0 fully saturated rings. The number of carbonyl (C=O) groups excluding carboxylic acids is 2. The number of benzene rings is 2. The Morgan fingerprint density at radius 1 is 0.889 bits per heavy atom. The lowest BCUT2D eigenvalue weighted by molar-refractivity contribution is -0.129. The van der Waals surface area contributed by atoms with E-state index in [0.717, 1.165) is 11.1 Å². The van der Waals surface area contributed by atoms with Gasteiger partial charge in [0.25, 0.3) is 0 Å². The largest absolute Gasteiger partial charge is 0.493 e. The van der Waals surface area contributed by atoms with Crippen molar-refractivity contribution in [1.82, 2.24) is 10.6 Å². The maximum Gasteiger partial charge on any atom is 0.229 e. The lowest BCUT2D eigenvalue weighted by atomic mass is 10.1. The van der Waals surface area contributed by atoms with Crippen molar-refractivity contribution in [3.8, 4) is 11.5 Å². The zero-order chi connectivity index (χ0) is 19.6. The van der Waals surface area contributed by atoms with E-state index in [9.17, 15) is 14.0 Å². The fraction of sp³-hybridized carbons (Fsp3) is 0.300. The highest BCUT2D eigenvalue weighted by Gasteiger charge is 2.10. The van der Waals surface area contributed by atoms with E-state index in [-0.39, 0.29) is 30.6 Å². The normalized spacial score (nSPS) is 10.2. The van der Waals surface area contributed by atoms with Gasteiger partial charge in [0.2, 0.25) is 11.8 Å². The predicted molar refractivity (Wildman–Crippen MR) is 99.1 cm³/mol. The zero-order valence-corrected chi connectivity index (χ0v) is 15.4. The van der Waals surface area contributed by atoms with E-state index in [4.69, 9.17) is 9.47 Å². The van der Waals surface area contributed by atoms with E-state index in [1.54, 1.807) is 31.4 Å². The van der Waals surface area contributed by atoms with Crippen molar-refractivity contribution >= 4 is 11.8 Å². The number of amides is 2. The lowest BCUT2D eigenvalue weighted by Crippen LogP contribution is -2.32. The second kappa shape index (κ2) is 10.2. The van der Waals surface area contributed by atoms with Crippen molar-refractivity contribution in [3.05, 3.63) is 59.4 Å². The molecule has 0 bridgehead atoms. The van der Waals surface area contributed by atoms with Crippen LogP contribution in [0.5, 0.6) is 11.5 Å². The number of carbonyl (C=O) groups is 2. The molecule has 0 heterocycles. The second-order valence-corrected chi connectivity index (χ2v) is 5.87. The Bertz CT molecular complexity index is 778. The van der Waals surface area contributed by atoms with Crippen molar-refractivity contribution in [2.24, 2.45) is 0 Å². The molecule has 0 aliphatic carbocycles. The zero-order valence-electron chi connectivity index (χ0n) is 15.4. The van der Waals surface area contributed by atoms with Gasteiger partial charge in [0.05, 0.1) is 14.2 Å². The van der Waals surface area contributed by atoms with Gasteiger partial charge >= 0.3 is 0 Å². The van der Waals surface area contributed by atoms with Gasteiger partial charge in [0, 0.05) is 13.1 Å². The molecule has 0 aromatic heterocycles. The van der Waals surface area contributed by atoms with Crippen LogP contribution in [0.1, 0.15) is 17.5 Å². The minimum atomic E-state index is -0.371. The highest BCUT2D eigenvalue weighted by molar-refractivity contribution is 5.96. The van der Waals surface area contributed by atoms with Gasteiger partial charge in [0.1, 0.15) is 12.2 Å². The van der Waals surface area contributed by atoms with Crippen LogP contribution in [-0.4, -0.2) is 32.6 Å². The molecule has 0 aliphatic heterocycles. The van der Waals surface area contributed by atoms with E-state index >= 15 is 0 Å². The Kier molecular flexibility index (Phi) is 7.61. The molecule has 2 N–H and O–H groups in total. The monoisotopic (exact) mass is 374 g/mol. The predicted octanol–water partition coefficient (Wildman–Crippen LogP) is 2.21. The molecule has 0 saturated carbocycles. The van der Waals surface area contributed by atoms with Crippen LogP contribution < -0.4 is 20.1 Å². The van der Waals surface area contributed by atoms with E-state index in [0.29, 0.717) is 24.5 Å². The molecule has 27 heavy (non-hydrogen) atoms. The SMILES string of the molecule is COc1ccc(CNC(=O)CC(=O)NCCc2ccc(F)cc2)cc1OC. The fourth-order valence-electron chi connectivity index (χ4n) is 2.46. The van der Waals surface area contributed by atoms with Crippen molar-refractivity contribution in [1.29, 1.82) is 0 Å². The van der Waals surface area contributed by atoms with Crippen LogP contribution in [0.2, 0.25) is 0 Å². The number of methoxy groups -OCH3 is 2. The minimum Gasteiger partial charge on any atom is -0.493 e. The number of hydrogen-bond donors (Lipinski definition) is 2. The number of rotatable bonds is 9. The summed E-state index contributed by atoms with van der Waals surface area (Å²) >= 11 is 0. The molecule has 2 amide bonds. The van der Waals surface area contributed by atoms with E-state index < -0.39 is 0 Å². The third-order valence-electron chi connectivity index (χ3n) is 3.91. The summed E-state index contributed by atoms with van der Waals surface area (Å²) in [6.07, 6.45) is 0.315. The molecule has 0 spiro atoms. The second-order valence-electron chi connectivity index (χ2n) is 5.87. The molecule has 6 nitrogen and oxygen atoms in total. The van der Waals surface area contributed by atoms with Crippen LogP contribution in [0.4, 0.5) is 4.39 Å². The van der Waals surface area contributed by atoms with Gasteiger partial charge in [-0.2, -0.15) is 0 Å². The third-order valence-corrected chi connectivity index (χ3v) is 3.91. The average molecular weight is 374 g/mol. The molecule has 144 valence electrons. The van der Waals surface area contributed by atoms with Gasteiger partial charge in [-0.25, -0.2) is 4.39 Å². The van der Waals surface area contributed by atoms with Crippen LogP contribution >= 0.6 is 0 Å². The summed E-state index contributed by atoms with van der Waals surface area (Å²) in [6, 6.07) is 11.4. The molecular weight excluding hydrogens is 351 g/mol. The molecule has 0 aliphatic rings. The molecule has 0 atom stereocenters. The van der Waals surface area contributed by atoms with Crippen molar-refractivity contribution < 1.29 is 23.5 Å². The fourth-order valence-corrected chi connectivity index (χ4v) is 2.46. The summed E-state index contributed by atoms with van der Waals surface area (Å²) in [5.74, 6) is 0.149. The van der Waals surface area contributed by atoms with Crippen LogP contribution in [-0.2, 0) is 22.6 Å². The van der Waals surface area contributed by atoms with Crippen LogP contribution in [0.25, 0.3) is 0 Å². The van der Waals surface area contributed by atoms with Crippen LogP contribution in [0.3, 0.4) is 0 Å². The highest BCUT2D eigenvalue weighted by atomic mass is 19.1. The van der Waals surface area contributed by atoms with Crippen molar-refractivity contribution in [2.45, 2.75) is 19.4 Å². The Labute approximate surface area is 157 Å². The van der Waals surface area contributed by atoms with Gasteiger partial charge in [-0.1, -0.05) is 18.2 Å². The smallest absolute Gasteiger partial charge is 0.229 e. The molecule has 0 radical (unpaired) electrons. The van der Waals surface area contributed by atoms with Gasteiger partial charge in [-0.15, -0.1) is 0 Å². The summed E-state index contributed by atoms with van der Waals surface area (Å²) in [7, 11) is 3.09. The lowest BCUT2D eigenvalue weighted by Gasteiger charge is -2.10. The first-order chi connectivity index (χ1) is 13.0. The number of halogens is 1. The quantitative estimate of drug-likeness (QED) is 0.660. The maximum absolute atomic E-state index is 12.8. The van der Waals surface area contributed by atoms with Gasteiger partial charge in [-0.3, -0.25) is 9.59 Å². The van der Waals surface area contributed by atoms with E-state index in [2.05, 4.69) is 10.6 Å². The van der Waals surface area contributed by atoms with E-state index in [1.807, 2.05) is 6.07 Å². The minimum absolute atomic E-state index is 0.253. The first kappa shape index (κ1) is 20.2. The summed E-state index contributed by atoms with van der Waals surface area (Å²) in [4.78, 5) is 23.7. The number of hydrogen-bond acceptors (Lipinski definition) is 4. The van der Waals surface area contributed by atoms with Gasteiger partial charge in [0.15, 0.2) is 11.5 Å². The van der Waals surface area contributed by atoms with Crippen LogP contribution in [0, 0.1) is 5.82 Å². The Morgan fingerprint density at radius 3 is 2.19 bits per heavy atom. The molecule has 2 aromatic carbocycles. The molecular formula is C20H23FN2O4. The highest BCUT2D eigenvalue weighted by Crippen LogP contribution is 2.27. The average Bonchev–Trinajstić information content (AvgIpc) is 2.67. The molecule has 7 heteroatoms. The van der Waals surface area contributed by atoms with Crippen LogP contribution in [0.15, 0.2) is 42.5 Å². The Morgan fingerprint density at radius 2 is 1.52 bits per heavy atom. The summed E-state index contributed by atoms with van der Waals surface area (Å²) in [6.45, 7) is 0.662. The van der Waals surface area contributed by atoms with E-state index in [1.165, 1.54) is 19.2 Å². The van der Waals surface area contributed by atoms with Gasteiger partial charge < -0.3 is 20.1 Å². The Balaban J connectivity index is 1.71. The van der Waals surface area contributed by atoms with Gasteiger partial charge in [-0.05, 0) is 41.8 Å². The Hall–Kier alpha value is -3.09. The molecule has 2 aromatic rings. The third kappa shape index (κ3) is 6.62. The molecule has 0 unspecified atom stereocenters. The van der Waals surface area contributed by atoms with Crippen molar-refractivity contribution in [3.63, 3.8) is 0 Å². The van der Waals surface area contributed by atoms with Crippen molar-refractivity contribution in [2.75, 3.05) is 20.8 Å². The summed E-state index contributed by atoms with van der Waals surface area (Å²) in [5, 5.41) is 5.37. The maximum atomic E-state index is 12.8. The molecule has 0 saturated heterocycles. The molecule has 2 rings (SSSR count). The topological polar surface area (TPSA) is 76.7 Å². The summed E-state index contributed by atoms with van der Waals surface area (Å²) in [5.41, 5.74) is 1.74. The standard InChI is InChI=1S/C20H23FN2O4/c1-26-17-8-5-15(11-18(17)27-2)13-23-20(25)12-19(24)22-10-9-14-3-6-16(21)7-4-14/h3-8,11H,9-10,12-13H2,1-2H3,(H,22,24)(H,23,25). The summed E-state index contributed by atoms with van der Waals surface area (Å²) < 4.78 is 23.2. The first-order valence-corrected chi connectivity index (χ1v) is 8.50.